The molecule has 6 nitrogen and oxygen atoms in total. The van der Waals surface area contributed by atoms with E-state index in [4.69, 9.17) is 0 Å². The van der Waals surface area contributed by atoms with Crippen LogP contribution in [-0.2, 0) is 22.4 Å². The van der Waals surface area contributed by atoms with Gasteiger partial charge in [-0.1, -0.05) is 31.0 Å². The van der Waals surface area contributed by atoms with Crippen LogP contribution in [0.1, 0.15) is 68.2 Å². The fourth-order valence-corrected chi connectivity index (χ4v) is 4.67. The minimum Gasteiger partial charge on any atom is -0.348 e. The van der Waals surface area contributed by atoms with Crippen molar-refractivity contribution in [3.63, 3.8) is 0 Å². The monoisotopic (exact) mass is 369 g/mol. The molecule has 1 spiro atoms. The highest BCUT2D eigenvalue weighted by Gasteiger charge is 2.52. The van der Waals surface area contributed by atoms with E-state index in [1.807, 2.05) is 6.92 Å². The zero-order valence-corrected chi connectivity index (χ0v) is 15.8. The molecule has 1 heterocycles. The van der Waals surface area contributed by atoms with Gasteiger partial charge in [-0.25, -0.2) is 4.79 Å². The lowest BCUT2D eigenvalue weighted by molar-refractivity contribution is -0.135. The highest BCUT2D eigenvalue weighted by molar-refractivity contribution is 6.09. The van der Waals surface area contributed by atoms with Crippen LogP contribution in [0, 0.1) is 0 Å². The molecule has 1 aromatic rings. The smallest absolute Gasteiger partial charge is 0.325 e. The van der Waals surface area contributed by atoms with Gasteiger partial charge in [0.1, 0.15) is 12.1 Å². The first-order valence-electron chi connectivity index (χ1n) is 10.0. The van der Waals surface area contributed by atoms with Crippen LogP contribution >= 0.6 is 0 Å². The number of carbonyl (C=O) groups excluding carboxylic acids is 3. The van der Waals surface area contributed by atoms with E-state index in [0.29, 0.717) is 12.8 Å². The second-order valence-electron chi connectivity index (χ2n) is 8.14. The van der Waals surface area contributed by atoms with Crippen molar-refractivity contribution in [2.75, 3.05) is 6.54 Å². The molecule has 1 atom stereocenters. The molecule has 2 fully saturated rings. The zero-order valence-electron chi connectivity index (χ0n) is 15.8. The lowest BCUT2D eigenvalue weighted by Gasteiger charge is -2.22. The van der Waals surface area contributed by atoms with Crippen LogP contribution in [0.15, 0.2) is 18.2 Å². The Hall–Kier alpha value is -2.37. The topological polar surface area (TPSA) is 78.5 Å². The number of benzene rings is 1. The standard InChI is InChI=1S/C21H27N3O3/c1-14(16-9-8-15-6-2-3-7-17(15)12-16)22-18(25)13-24-19(26)21(23-20(24)27)10-4-5-11-21/h8-9,12,14H,2-7,10-11,13H2,1H3,(H,22,25)(H,23,27)/t14-/m1/s1. The molecule has 2 N–H and O–H groups in total. The van der Waals surface area contributed by atoms with Gasteiger partial charge >= 0.3 is 6.03 Å². The summed E-state index contributed by atoms with van der Waals surface area (Å²) in [6.07, 6.45) is 7.88. The Balaban J connectivity index is 1.39. The summed E-state index contributed by atoms with van der Waals surface area (Å²) in [6.45, 7) is 1.72. The van der Waals surface area contributed by atoms with Gasteiger partial charge in [-0.2, -0.15) is 0 Å². The Bertz CT molecular complexity index is 783. The molecule has 0 bridgehead atoms. The summed E-state index contributed by atoms with van der Waals surface area (Å²) in [4.78, 5) is 38.4. The van der Waals surface area contributed by atoms with Crippen molar-refractivity contribution in [2.24, 2.45) is 0 Å². The quantitative estimate of drug-likeness (QED) is 0.801. The third-order valence-electron chi connectivity index (χ3n) is 6.25. The minimum atomic E-state index is -0.762. The molecule has 1 saturated heterocycles. The summed E-state index contributed by atoms with van der Waals surface area (Å²) in [5, 5.41) is 5.75. The molecular weight excluding hydrogens is 342 g/mol. The normalized spacial score (nSPS) is 21.9. The Morgan fingerprint density at radius 1 is 1.15 bits per heavy atom. The number of carbonyl (C=O) groups is 3. The summed E-state index contributed by atoms with van der Waals surface area (Å²) in [5.74, 6) is -0.555. The van der Waals surface area contributed by atoms with Gasteiger partial charge in [-0.3, -0.25) is 14.5 Å². The van der Waals surface area contributed by atoms with Gasteiger partial charge in [-0.15, -0.1) is 0 Å². The zero-order chi connectivity index (χ0) is 19.0. The van der Waals surface area contributed by atoms with Crippen LogP contribution in [0.3, 0.4) is 0 Å². The van der Waals surface area contributed by atoms with Crippen LogP contribution in [-0.4, -0.2) is 34.8 Å². The third kappa shape index (κ3) is 3.33. The molecule has 1 saturated carbocycles. The molecule has 144 valence electrons. The highest BCUT2D eigenvalue weighted by atomic mass is 16.2. The minimum absolute atomic E-state index is 0.161. The number of imide groups is 1. The Morgan fingerprint density at radius 2 is 1.85 bits per heavy atom. The Labute approximate surface area is 159 Å². The molecule has 6 heteroatoms. The number of fused-ring (bicyclic) bond motifs is 1. The summed E-state index contributed by atoms with van der Waals surface area (Å²) in [7, 11) is 0. The first-order valence-corrected chi connectivity index (χ1v) is 10.0. The number of hydrogen-bond acceptors (Lipinski definition) is 3. The highest BCUT2D eigenvalue weighted by Crippen LogP contribution is 2.35. The molecule has 0 radical (unpaired) electrons. The number of aryl methyl sites for hydroxylation is 2. The van der Waals surface area contributed by atoms with Crippen molar-refractivity contribution in [1.82, 2.24) is 15.5 Å². The van der Waals surface area contributed by atoms with E-state index in [1.165, 1.54) is 24.0 Å². The summed E-state index contributed by atoms with van der Waals surface area (Å²) in [6, 6.07) is 5.80. The van der Waals surface area contributed by atoms with Crippen LogP contribution in [0.5, 0.6) is 0 Å². The molecule has 3 aliphatic rings. The SMILES string of the molecule is C[C@@H](NC(=O)CN1C(=O)NC2(CCCC2)C1=O)c1ccc2c(c1)CCCC2. The molecule has 1 aliphatic heterocycles. The first-order chi connectivity index (χ1) is 13.0. The van der Waals surface area contributed by atoms with Crippen molar-refractivity contribution < 1.29 is 14.4 Å². The summed E-state index contributed by atoms with van der Waals surface area (Å²) < 4.78 is 0. The number of rotatable bonds is 4. The van der Waals surface area contributed by atoms with E-state index in [-0.39, 0.29) is 24.4 Å². The number of nitrogens with one attached hydrogen (secondary N) is 2. The van der Waals surface area contributed by atoms with E-state index in [2.05, 4.69) is 28.8 Å². The van der Waals surface area contributed by atoms with Gasteiger partial charge in [0, 0.05) is 0 Å². The predicted octanol–water partition coefficient (Wildman–Crippen LogP) is 2.61. The van der Waals surface area contributed by atoms with Crippen molar-refractivity contribution in [3.05, 3.63) is 34.9 Å². The fraction of sp³-hybridized carbons (Fsp3) is 0.571. The second kappa shape index (κ2) is 6.98. The van der Waals surface area contributed by atoms with Gasteiger partial charge in [0.2, 0.25) is 5.91 Å². The molecule has 4 amide bonds. The molecule has 2 aliphatic carbocycles. The van der Waals surface area contributed by atoms with Crippen molar-refractivity contribution >= 4 is 17.8 Å². The van der Waals surface area contributed by atoms with E-state index in [9.17, 15) is 14.4 Å². The number of urea groups is 1. The van der Waals surface area contributed by atoms with Crippen molar-refractivity contribution in [1.29, 1.82) is 0 Å². The Kier molecular flexibility index (Phi) is 4.66. The van der Waals surface area contributed by atoms with E-state index >= 15 is 0 Å². The van der Waals surface area contributed by atoms with E-state index in [1.54, 1.807) is 0 Å². The lowest BCUT2D eigenvalue weighted by atomic mass is 9.89. The van der Waals surface area contributed by atoms with E-state index < -0.39 is 11.6 Å². The maximum atomic E-state index is 12.7. The van der Waals surface area contributed by atoms with Crippen LogP contribution < -0.4 is 10.6 Å². The lowest BCUT2D eigenvalue weighted by Crippen LogP contribution is -2.45. The average molecular weight is 369 g/mol. The van der Waals surface area contributed by atoms with Crippen molar-refractivity contribution in [3.8, 4) is 0 Å². The molecule has 1 aromatic carbocycles. The number of hydrogen-bond donors (Lipinski definition) is 2. The van der Waals surface area contributed by atoms with Crippen LogP contribution in [0.25, 0.3) is 0 Å². The molecule has 27 heavy (non-hydrogen) atoms. The predicted molar refractivity (Wildman–Crippen MR) is 101 cm³/mol. The number of nitrogens with zero attached hydrogens (tertiary/aromatic N) is 1. The van der Waals surface area contributed by atoms with Gasteiger partial charge in [0.25, 0.3) is 5.91 Å². The first kappa shape index (κ1) is 18.0. The van der Waals surface area contributed by atoms with Gasteiger partial charge in [0.15, 0.2) is 0 Å². The average Bonchev–Trinajstić information content (AvgIpc) is 3.22. The maximum absolute atomic E-state index is 12.7. The fourth-order valence-electron chi connectivity index (χ4n) is 4.67. The molecule has 0 unspecified atom stereocenters. The van der Waals surface area contributed by atoms with Crippen LogP contribution in [0.4, 0.5) is 4.79 Å². The summed E-state index contributed by atoms with van der Waals surface area (Å²) in [5.41, 5.74) is 3.08. The van der Waals surface area contributed by atoms with Crippen LogP contribution in [0.2, 0.25) is 0 Å². The third-order valence-corrected chi connectivity index (χ3v) is 6.25. The van der Waals surface area contributed by atoms with Crippen molar-refractivity contribution in [2.45, 2.75) is 69.9 Å². The molecule has 0 aromatic heterocycles. The van der Waals surface area contributed by atoms with E-state index in [0.717, 1.165) is 36.1 Å². The van der Waals surface area contributed by atoms with Gasteiger partial charge in [-0.05, 0) is 62.1 Å². The van der Waals surface area contributed by atoms with Gasteiger partial charge in [0.05, 0.1) is 6.04 Å². The largest absolute Gasteiger partial charge is 0.348 e. The summed E-state index contributed by atoms with van der Waals surface area (Å²) >= 11 is 0. The maximum Gasteiger partial charge on any atom is 0.325 e. The molecule has 4 rings (SSSR count). The van der Waals surface area contributed by atoms with Gasteiger partial charge < -0.3 is 10.6 Å². The second-order valence-corrected chi connectivity index (χ2v) is 8.14. The number of amides is 4. The Morgan fingerprint density at radius 3 is 2.59 bits per heavy atom. The molecular formula is C21H27N3O3.